The fourth-order valence-corrected chi connectivity index (χ4v) is 5.42. The number of nitrogens with zero attached hydrogens (tertiary/aromatic N) is 4. The highest BCUT2D eigenvalue weighted by atomic mass is 32.2. The molecule has 2 N–H and O–H groups in total. The number of rotatable bonds is 6. The number of anilines is 2. The number of thiazole rings is 1. The van der Waals surface area contributed by atoms with E-state index < -0.39 is 11.0 Å². The summed E-state index contributed by atoms with van der Waals surface area (Å²) in [4.78, 5) is 20.7. The molecular weight excluding hydrogens is 461 g/mol. The fraction of sp³-hybridized carbons (Fsp3) is 0.261. The molecule has 4 rings (SSSR count). The third kappa shape index (κ3) is 4.66. The van der Waals surface area contributed by atoms with Gasteiger partial charge in [0.2, 0.25) is 5.91 Å². The Kier molecular flexibility index (Phi) is 6.56. The van der Waals surface area contributed by atoms with E-state index in [1.54, 1.807) is 26.1 Å². The Labute approximate surface area is 197 Å². The standard InChI is InChI=1S/C23H22FN5O2S2/c1-14-22(33(26)31)32-23(27-14)28(2)21(30)17-12-29(13-17)18-6-4-16(5-7-18)19-11-15(9-10-25)3-8-20(19)24/h3-8,11,17H,9,12-13,26H2,1-2H3. The van der Waals surface area contributed by atoms with Gasteiger partial charge in [0, 0.05) is 31.4 Å². The molecular formula is C23H22FN5O2S2. The van der Waals surface area contributed by atoms with Crippen LogP contribution in [0.3, 0.4) is 0 Å². The van der Waals surface area contributed by atoms with E-state index in [0.717, 1.165) is 28.2 Å². The molecule has 1 saturated heterocycles. The van der Waals surface area contributed by atoms with Crippen LogP contribution in [0.4, 0.5) is 15.2 Å². The van der Waals surface area contributed by atoms with Gasteiger partial charge in [0.25, 0.3) is 0 Å². The number of halogens is 1. The lowest BCUT2D eigenvalue weighted by Crippen LogP contribution is -2.54. The van der Waals surface area contributed by atoms with Crippen molar-refractivity contribution >= 4 is 39.0 Å². The van der Waals surface area contributed by atoms with Crippen molar-refractivity contribution in [3.63, 3.8) is 0 Å². The Bertz CT molecular complexity index is 1260. The van der Waals surface area contributed by atoms with Crippen LogP contribution in [0.15, 0.2) is 46.7 Å². The van der Waals surface area contributed by atoms with E-state index in [0.29, 0.717) is 33.7 Å². The molecule has 1 aliphatic rings. The monoisotopic (exact) mass is 483 g/mol. The van der Waals surface area contributed by atoms with Crippen LogP contribution in [0, 0.1) is 30.0 Å². The number of aromatic nitrogens is 1. The molecule has 3 aromatic rings. The second kappa shape index (κ2) is 9.39. The number of hydrogen-bond donors (Lipinski definition) is 1. The Balaban J connectivity index is 1.41. The molecule has 2 heterocycles. The summed E-state index contributed by atoms with van der Waals surface area (Å²) in [5.74, 6) is -0.561. The van der Waals surface area contributed by atoms with Gasteiger partial charge >= 0.3 is 0 Å². The van der Waals surface area contributed by atoms with Crippen molar-refractivity contribution in [2.75, 3.05) is 29.9 Å². The number of carbonyl (C=O) groups excluding carboxylic acids is 1. The first-order chi connectivity index (χ1) is 15.8. The van der Waals surface area contributed by atoms with Crippen molar-refractivity contribution in [3.8, 4) is 17.2 Å². The Morgan fingerprint density at radius 3 is 2.64 bits per heavy atom. The maximum Gasteiger partial charge on any atom is 0.235 e. The quantitative estimate of drug-likeness (QED) is 0.579. The molecule has 0 saturated carbocycles. The van der Waals surface area contributed by atoms with E-state index in [2.05, 4.69) is 16.0 Å². The van der Waals surface area contributed by atoms with Crippen LogP contribution in [0.2, 0.25) is 0 Å². The number of amides is 1. The fourth-order valence-electron chi connectivity index (χ4n) is 3.76. The highest BCUT2D eigenvalue weighted by Gasteiger charge is 2.36. The average molecular weight is 484 g/mol. The molecule has 7 nitrogen and oxygen atoms in total. The molecule has 170 valence electrons. The first kappa shape index (κ1) is 23.0. The van der Waals surface area contributed by atoms with Crippen LogP contribution in [-0.4, -0.2) is 35.2 Å². The topological polar surface area (TPSA) is 103 Å². The van der Waals surface area contributed by atoms with Gasteiger partial charge in [-0.3, -0.25) is 9.69 Å². The maximum absolute atomic E-state index is 14.3. The summed E-state index contributed by atoms with van der Waals surface area (Å²) in [5, 5.41) is 14.8. The smallest absolute Gasteiger partial charge is 0.235 e. The number of aryl methyl sites for hydroxylation is 1. The van der Waals surface area contributed by atoms with Crippen molar-refractivity contribution in [1.29, 1.82) is 5.26 Å². The second-order valence-electron chi connectivity index (χ2n) is 7.86. The van der Waals surface area contributed by atoms with Gasteiger partial charge in [0.05, 0.1) is 24.1 Å². The SMILES string of the molecule is Cc1nc(N(C)C(=O)C2CN(c3ccc(-c4cc(CC#N)ccc4F)cc3)C2)sc1S(N)=O. The van der Waals surface area contributed by atoms with Crippen LogP contribution in [0.1, 0.15) is 11.3 Å². The lowest BCUT2D eigenvalue weighted by Gasteiger charge is -2.41. The summed E-state index contributed by atoms with van der Waals surface area (Å²) in [5.41, 5.74) is 3.48. The predicted octanol–water partition coefficient (Wildman–Crippen LogP) is 3.40. The molecule has 2 aromatic carbocycles. The number of nitrogens with two attached hydrogens (primary N) is 1. The van der Waals surface area contributed by atoms with Crippen LogP contribution < -0.4 is 14.9 Å². The molecule has 0 radical (unpaired) electrons. The van der Waals surface area contributed by atoms with E-state index in [-0.39, 0.29) is 24.1 Å². The van der Waals surface area contributed by atoms with Gasteiger partial charge < -0.3 is 4.90 Å². The van der Waals surface area contributed by atoms with Crippen LogP contribution in [0.5, 0.6) is 0 Å². The zero-order valence-corrected chi connectivity index (χ0v) is 19.8. The molecule has 0 aliphatic carbocycles. The van der Waals surface area contributed by atoms with Crippen molar-refractivity contribution in [3.05, 3.63) is 59.5 Å². The van der Waals surface area contributed by atoms with Gasteiger partial charge in [-0.05, 0) is 42.3 Å². The molecule has 1 fully saturated rings. The van der Waals surface area contributed by atoms with Gasteiger partial charge in [-0.1, -0.05) is 29.5 Å². The van der Waals surface area contributed by atoms with Crippen LogP contribution >= 0.6 is 11.3 Å². The number of hydrogen-bond acceptors (Lipinski definition) is 6. The molecule has 0 spiro atoms. The highest BCUT2D eigenvalue weighted by Crippen LogP contribution is 2.32. The molecule has 1 amide bonds. The van der Waals surface area contributed by atoms with Crippen LogP contribution in [-0.2, 0) is 22.2 Å². The maximum atomic E-state index is 14.3. The third-order valence-electron chi connectivity index (χ3n) is 5.63. The summed E-state index contributed by atoms with van der Waals surface area (Å²) >= 11 is 1.16. The molecule has 10 heteroatoms. The normalized spacial score (nSPS) is 14.5. The van der Waals surface area contributed by atoms with E-state index in [1.165, 1.54) is 11.0 Å². The lowest BCUT2D eigenvalue weighted by molar-refractivity contribution is -0.122. The largest absolute Gasteiger partial charge is 0.370 e. The van der Waals surface area contributed by atoms with E-state index >= 15 is 0 Å². The highest BCUT2D eigenvalue weighted by molar-refractivity contribution is 7.85. The van der Waals surface area contributed by atoms with Gasteiger partial charge in [-0.25, -0.2) is 18.7 Å². The molecule has 1 aromatic heterocycles. The first-order valence-electron chi connectivity index (χ1n) is 10.2. The zero-order valence-electron chi connectivity index (χ0n) is 18.1. The van der Waals surface area contributed by atoms with Gasteiger partial charge in [-0.2, -0.15) is 5.26 Å². The minimum Gasteiger partial charge on any atom is -0.370 e. The first-order valence-corrected chi connectivity index (χ1v) is 12.2. The summed E-state index contributed by atoms with van der Waals surface area (Å²) in [6.07, 6.45) is 0.231. The van der Waals surface area contributed by atoms with Crippen LogP contribution in [0.25, 0.3) is 11.1 Å². The molecule has 1 unspecified atom stereocenters. The predicted molar refractivity (Wildman–Crippen MR) is 128 cm³/mol. The minimum absolute atomic E-state index is 0.0534. The van der Waals surface area contributed by atoms with Crippen molar-refractivity contribution in [1.82, 2.24) is 4.98 Å². The summed E-state index contributed by atoms with van der Waals surface area (Å²) in [6, 6.07) is 14.3. The van der Waals surface area contributed by atoms with Crippen molar-refractivity contribution < 1.29 is 13.4 Å². The van der Waals surface area contributed by atoms with Crippen molar-refractivity contribution in [2.24, 2.45) is 11.1 Å². The van der Waals surface area contributed by atoms with E-state index in [4.69, 9.17) is 10.4 Å². The number of carbonyl (C=O) groups is 1. The summed E-state index contributed by atoms with van der Waals surface area (Å²) in [7, 11) is 0.0363. The van der Waals surface area contributed by atoms with Gasteiger partial charge in [0.15, 0.2) is 5.13 Å². The third-order valence-corrected chi connectivity index (χ3v) is 8.06. The molecule has 0 bridgehead atoms. The molecule has 33 heavy (non-hydrogen) atoms. The Hall–Kier alpha value is -3.13. The molecule has 1 atom stereocenters. The summed E-state index contributed by atoms with van der Waals surface area (Å²) < 4.78 is 26.3. The van der Waals surface area contributed by atoms with Gasteiger partial charge in [-0.15, -0.1) is 0 Å². The van der Waals surface area contributed by atoms with Crippen molar-refractivity contribution in [2.45, 2.75) is 17.6 Å². The van der Waals surface area contributed by atoms with Gasteiger partial charge in [0.1, 0.15) is 21.0 Å². The average Bonchev–Trinajstić information content (AvgIpc) is 3.16. The lowest BCUT2D eigenvalue weighted by atomic mass is 9.96. The zero-order chi connectivity index (χ0) is 23.7. The minimum atomic E-state index is -1.63. The van der Waals surface area contributed by atoms with E-state index in [9.17, 15) is 13.4 Å². The number of benzene rings is 2. The Morgan fingerprint density at radius 1 is 1.33 bits per heavy atom. The second-order valence-corrected chi connectivity index (χ2v) is 10.1. The Morgan fingerprint density at radius 2 is 2.03 bits per heavy atom. The number of nitriles is 1. The van der Waals surface area contributed by atoms with E-state index in [1.807, 2.05) is 24.3 Å². The summed E-state index contributed by atoms with van der Waals surface area (Å²) in [6.45, 7) is 2.85. The molecule has 1 aliphatic heterocycles.